The quantitative estimate of drug-likeness (QED) is 0.279. The summed E-state index contributed by atoms with van der Waals surface area (Å²) in [5, 5.41) is 13.7. The van der Waals surface area contributed by atoms with E-state index in [1.807, 2.05) is 66.7 Å². The molecule has 0 spiro atoms. The first-order valence-corrected chi connectivity index (χ1v) is 12.7. The van der Waals surface area contributed by atoms with E-state index in [2.05, 4.69) is 55.5 Å². The first-order valence-electron chi connectivity index (χ1n) is 12.7. The Morgan fingerprint density at radius 2 is 1.43 bits per heavy atom. The smallest absolute Gasteiger partial charge is 0.141 e. The highest BCUT2D eigenvalue weighted by Crippen LogP contribution is 2.50. The molecule has 1 N–H and O–H groups in total. The summed E-state index contributed by atoms with van der Waals surface area (Å²) >= 11 is 0. The van der Waals surface area contributed by atoms with Gasteiger partial charge in [0, 0.05) is 11.5 Å². The summed E-state index contributed by atoms with van der Waals surface area (Å²) in [6.07, 6.45) is 2.12. The van der Waals surface area contributed by atoms with Crippen molar-refractivity contribution in [1.29, 1.82) is 0 Å². The zero-order chi connectivity index (χ0) is 25.5. The van der Waals surface area contributed by atoms with Crippen molar-refractivity contribution in [1.82, 2.24) is 0 Å². The monoisotopic (exact) mass is 480 g/mol. The lowest BCUT2D eigenvalue weighted by Gasteiger charge is -2.21. The van der Waals surface area contributed by atoms with Crippen molar-refractivity contribution in [3.63, 3.8) is 0 Å². The molecule has 180 valence electrons. The van der Waals surface area contributed by atoms with E-state index in [4.69, 9.17) is 0 Å². The molecular weight excluding hydrogens is 452 g/mol. The fourth-order valence-electron chi connectivity index (χ4n) is 5.78. The van der Waals surface area contributed by atoms with Crippen LogP contribution in [0.25, 0.3) is 38.6 Å². The van der Waals surface area contributed by atoms with Crippen LogP contribution in [0.5, 0.6) is 5.75 Å². The number of ketones is 1. The molecule has 6 rings (SSSR count). The Labute approximate surface area is 217 Å². The zero-order valence-electron chi connectivity index (χ0n) is 21.0. The third-order valence-corrected chi connectivity index (χ3v) is 7.63. The molecule has 0 saturated heterocycles. The molecule has 0 aliphatic heterocycles. The van der Waals surface area contributed by atoms with Crippen molar-refractivity contribution in [3.05, 3.63) is 132 Å². The third-order valence-electron chi connectivity index (χ3n) is 7.63. The second-order valence-corrected chi connectivity index (χ2v) is 9.87. The first-order chi connectivity index (χ1) is 18.0. The molecule has 0 bridgehead atoms. The van der Waals surface area contributed by atoms with Crippen LogP contribution >= 0.6 is 0 Å². The molecule has 5 aromatic rings. The van der Waals surface area contributed by atoms with Crippen molar-refractivity contribution >= 4 is 22.1 Å². The van der Waals surface area contributed by atoms with Crippen LogP contribution in [0.2, 0.25) is 0 Å². The van der Waals surface area contributed by atoms with Crippen molar-refractivity contribution in [2.75, 3.05) is 0 Å². The van der Waals surface area contributed by atoms with Crippen LogP contribution in [-0.2, 0) is 4.79 Å². The van der Waals surface area contributed by atoms with E-state index in [9.17, 15) is 9.90 Å². The molecule has 0 fully saturated rings. The lowest BCUT2D eigenvalue weighted by atomic mass is 9.82. The van der Waals surface area contributed by atoms with Gasteiger partial charge in [0.2, 0.25) is 0 Å². The number of allylic oxidation sites excluding steroid dienone is 2. The van der Waals surface area contributed by atoms with E-state index >= 15 is 0 Å². The Bertz CT molecular complexity index is 1660. The van der Waals surface area contributed by atoms with Crippen molar-refractivity contribution in [3.8, 4) is 28.0 Å². The average molecular weight is 481 g/mol. The predicted octanol–water partition coefficient (Wildman–Crippen LogP) is 8.75. The number of hydrogen-bond donors (Lipinski definition) is 1. The second-order valence-electron chi connectivity index (χ2n) is 9.87. The predicted molar refractivity (Wildman–Crippen MR) is 153 cm³/mol. The highest BCUT2D eigenvalue weighted by atomic mass is 16.3. The number of Topliss-reactive ketones (excluding diaryl/α,β-unsaturated/α-hetero) is 1. The second kappa shape index (κ2) is 9.22. The minimum Gasteiger partial charge on any atom is -0.507 e. The minimum atomic E-state index is -0.372. The highest BCUT2D eigenvalue weighted by Gasteiger charge is 2.28. The number of phenolic OH excluding ortho intramolecular Hbond substituents is 1. The van der Waals surface area contributed by atoms with Gasteiger partial charge in [0.15, 0.2) is 0 Å². The number of carbonyl (C=O) groups excluding carboxylic acids is 1. The maximum absolute atomic E-state index is 12.9. The van der Waals surface area contributed by atoms with Crippen LogP contribution in [0, 0.1) is 0 Å². The van der Waals surface area contributed by atoms with Crippen LogP contribution in [0.4, 0.5) is 0 Å². The highest BCUT2D eigenvalue weighted by molar-refractivity contribution is 6.06. The van der Waals surface area contributed by atoms with Gasteiger partial charge in [-0.15, -0.1) is 0 Å². The van der Waals surface area contributed by atoms with Crippen molar-refractivity contribution < 1.29 is 9.90 Å². The molecule has 5 aromatic carbocycles. The number of benzene rings is 5. The summed E-state index contributed by atoms with van der Waals surface area (Å²) in [5.74, 6) is -0.0145. The summed E-state index contributed by atoms with van der Waals surface area (Å²) in [5.41, 5.74) is 8.21. The third kappa shape index (κ3) is 3.95. The van der Waals surface area contributed by atoms with Gasteiger partial charge in [0.25, 0.3) is 0 Å². The molecule has 0 amide bonds. The van der Waals surface area contributed by atoms with Gasteiger partial charge in [-0.05, 0) is 68.8 Å². The molecule has 0 radical (unpaired) electrons. The van der Waals surface area contributed by atoms with Gasteiger partial charge in [-0.3, -0.25) is 4.79 Å². The molecule has 2 unspecified atom stereocenters. The standard InChI is InChI=1S/C35H28O2/c1-22-27-17-9-15-26-16-10-18-28(35(26)27)32-20-31(25-13-7-4-8-14-25)34(37)21-33(32)29(22)19-30(23(2)36)24-11-5-3-6-12-24/h3-22,30,37H,1-2H3. The molecular formula is C35H28O2. The van der Waals surface area contributed by atoms with Crippen LogP contribution in [0.1, 0.15) is 42.4 Å². The maximum atomic E-state index is 12.9. The molecule has 1 aliphatic carbocycles. The van der Waals surface area contributed by atoms with Gasteiger partial charge in [-0.25, -0.2) is 0 Å². The molecule has 2 nitrogen and oxygen atoms in total. The Hall–Kier alpha value is -4.43. The largest absolute Gasteiger partial charge is 0.507 e. The Balaban J connectivity index is 1.69. The van der Waals surface area contributed by atoms with E-state index in [-0.39, 0.29) is 23.4 Å². The van der Waals surface area contributed by atoms with Crippen LogP contribution in [0.15, 0.2) is 115 Å². The number of carbonyl (C=O) groups is 1. The summed E-state index contributed by atoms with van der Waals surface area (Å²) in [4.78, 5) is 12.9. The Kier molecular flexibility index (Phi) is 5.73. The summed E-state index contributed by atoms with van der Waals surface area (Å²) < 4.78 is 0. The van der Waals surface area contributed by atoms with Gasteiger partial charge in [0.1, 0.15) is 11.5 Å². The minimum absolute atomic E-state index is 0.0265. The van der Waals surface area contributed by atoms with Crippen LogP contribution in [-0.4, -0.2) is 10.9 Å². The van der Waals surface area contributed by atoms with Gasteiger partial charge in [-0.2, -0.15) is 0 Å². The van der Waals surface area contributed by atoms with Crippen molar-refractivity contribution in [2.45, 2.75) is 25.7 Å². The number of rotatable bonds is 4. The molecule has 0 saturated carbocycles. The zero-order valence-corrected chi connectivity index (χ0v) is 21.0. The average Bonchev–Trinajstić information content (AvgIpc) is 3.02. The lowest BCUT2D eigenvalue weighted by Crippen LogP contribution is -2.09. The number of fused-ring (bicyclic) bond motifs is 2. The van der Waals surface area contributed by atoms with Gasteiger partial charge < -0.3 is 5.11 Å². The number of aromatic hydroxyl groups is 1. The van der Waals surface area contributed by atoms with E-state index in [1.54, 1.807) is 6.92 Å². The number of phenols is 1. The normalized spacial score (nSPS) is 16.3. The van der Waals surface area contributed by atoms with Crippen molar-refractivity contribution in [2.24, 2.45) is 0 Å². The van der Waals surface area contributed by atoms with Crippen LogP contribution < -0.4 is 0 Å². The van der Waals surface area contributed by atoms with E-state index in [0.29, 0.717) is 0 Å². The first kappa shape index (κ1) is 23.0. The van der Waals surface area contributed by atoms with E-state index < -0.39 is 0 Å². The van der Waals surface area contributed by atoms with Gasteiger partial charge >= 0.3 is 0 Å². The molecule has 2 heteroatoms. The summed E-state index contributed by atoms with van der Waals surface area (Å²) in [6.45, 7) is 3.86. The maximum Gasteiger partial charge on any atom is 0.141 e. The lowest BCUT2D eigenvalue weighted by molar-refractivity contribution is -0.117. The summed E-state index contributed by atoms with van der Waals surface area (Å²) in [7, 11) is 0. The van der Waals surface area contributed by atoms with E-state index in [0.717, 1.165) is 39.0 Å². The Morgan fingerprint density at radius 1 is 0.757 bits per heavy atom. The van der Waals surface area contributed by atoms with Gasteiger partial charge in [0.05, 0.1) is 5.92 Å². The van der Waals surface area contributed by atoms with E-state index in [1.165, 1.54) is 16.3 Å². The Morgan fingerprint density at radius 3 is 2.14 bits per heavy atom. The van der Waals surface area contributed by atoms with Crippen LogP contribution in [0.3, 0.4) is 0 Å². The fraction of sp³-hybridized carbons (Fsp3) is 0.114. The molecule has 1 aliphatic rings. The molecule has 0 heterocycles. The molecule has 0 aromatic heterocycles. The SMILES string of the molecule is CC(=O)C(C=C1c2cc(O)c(-c3ccccc3)cc2-c2cccc3cccc(c23)C1C)c1ccccc1. The number of hydrogen-bond acceptors (Lipinski definition) is 2. The molecule has 37 heavy (non-hydrogen) atoms. The fourth-order valence-corrected chi connectivity index (χ4v) is 5.78. The topological polar surface area (TPSA) is 37.3 Å². The molecule has 2 atom stereocenters. The summed E-state index contributed by atoms with van der Waals surface area (Å²) in [6, 6.07) is 36.8. The van der Waals surface area contributed by atoms with Gasteiger partial charge in [-0.1, -0.05) is 110 Å².